The second-order valence-corrected chi connectivity index (χ2v) is 6.28. The third-order valence-corrected chi connectivity index (χ3v) is 3.71. The van der Waals surface area contributed by atoms with Crippen LogP contribution in [0.25, 0.3) is 0 Å². The molecule has 0 saturated carbocycles. The van der Waals surface area contributed by atoms with Crippen molar-refractivity contribution < 1.29 is 9.53 Å². The number of hydrogen-bond donors (Lipinski definition) is 1. The second-order valence-electron chi connectivity index (χ2n) is 6.28. The predicted octanol–water partition coefficient (Wildman–Crippen LogP) is 3.28. The van der Waals surface area contributed by atoms with Gasteiger partial charge in [-0.25, -0.2) is 0 Å². The summed E-state index contributed by atoms with van der Waals surface area (Å²) in [5.41, 5.74) is -0.883. The largest absolute Gasteiger partial charge is 0.385 e. The van der Waals surface area contributed by atoms with Crippen molar-refractivity contribution in [2.45, 2.75) is 59.8 Å². The van der Waals surface area contributed by atoms with Gasteiger partial charge in [-0.15, -0.1) is 0 Å². The van der Waals surface area contributed by atoms with E-state index in [0.29, 0.717) is 26.0 Å². The highest BCUT2D eigenvalue weighted by Crippen LogP contribution is 2.30. The van der Waals surface area contributed by atoms with E-state index in [2.05, 4.69) is 25.2 Å². The molecule has 0 saturated heterocycles. The van der Waals surface area contributed by atoms with Gasteiger partial charge < -0.3 is 10.1 Å². The fourth-order valence-corrected chi connectivity index (χ4v) is 2.32. The molecule has 0 bridgehead atoms. The van der Waals surface area contributed by atoms with Crippen LogP contribution in [-0.2, 0) is 9.53 Å². The van der Waals surface area contributed by atoms with E-state index in [1.165, 1.54) is 0 Å². The maximum Gasteiger partial charge on any atom is 0.240 e. The van der Waals surface area contributed by atoms with Crippen molar-refractivity contribution in [2.75, 3.05) is 20.3 Å². The minimum absolute atomic E-state index is 0.0225. The van der Waals surface area contributed by atoms with Crippen LogP contribution in [0.2, 0.25) is 0 Å². The molecular formula is C16H30N2O2. The Balaban J connectivity index is 4.66. The normalized spacial score (nSPS) is 12.0. The van der Waals surface area contributed by atoms with E-state index >= 15 is 0 Å². The van der Waals surface area contributed by atoms with Gasteiger partial charge in [0.1, 0.15) is 5.41 Å². The lowest BCUT2D eigenvalue weighted by atomic mass is 9.79. The number of ether oxygens (including phenoxy) is 1. The molecule has 0 aliphatic carbocycles. The van der Waals surface area contributed by atoms with E-state index in [4.69, 9.17) is 4.74 Å². The molecule has 1 N–H and O–H groups in total. The fraction of sp³-hybridized carbons (Fsp3) is 0.875. The van der Waals surface area contributed by atoms with Crippen molar-refractivity contribution in [1.29, 1.82) is 5.26 Å². The molecule has 0 atom stereocenters. The molecule has 0 heterocycles. The second kappa shape index (κ2) is 8.97. The third kappa shape index (κ3) is 5.92. The first-order chi connectivity index (χ1) is 9.37. The van der Waals surface area contributed by atoms with Crippen LogP contribution >= 0.6 is 0 Å². The highest BCUT2D eigenvalue weighted by molar-refractivity contribution is 5.85. The number of rotatable bonds is 10. The summed E-state index contributed by atoms with van der Waals surface area (Å²) < 4.78 is 5.09. The number of amides is 1. The maximum atomic E-state index is 12.4. The van der Waals surface area contributed by atoms with Gasteiger partial charge in [0.2, 0.25) is 5.91 Å². The molecule has 0 aromatic rings. The molecule has 20 heavy (non-hydrogen) atoms. The van der Waals surface area contributed by atoms with Crippen LogP contribution in [0.5, 0.6) is 0 Å². The van der Waals surface area contributed by atoms with Crippen LogP contribution in [0.15, 0.2) is 0 Å². The van der Waals surface area contributed by atoms with Crippen LogP contribution in [0.4, 0.5) is 0 Å². The highest BCUT2D eigenvalue weighted by atomic mass is 16.5. The van der Waals surface area contributed by atoms with Gasteiger partial charge in [-0.1, -0.05) is 40.5 Å². The van der Waals surface area contributed by atoms with Crippen LogP contribution < -0.4 is 5.32 Å². The van der Waals surface area contributed by atoms with Crippen molar-refractivity contribution in [1.82, 2.24) is 5.32 Å². The number of nitriles is 1. The summed E-state index contributed by atoms with van der Waals surface area (Å²) in [7, 11) is 1.68. The van der Waals surface area contributed by atoms with Crippen molar-refractivity contribution in [2.24, 2.45) is 10.8 Å². The average molecular weight is 282 g/mol. The van der Waals surface area contributed by atoms with Gasteiger partial charge >= 0.3 is 0 Å². The Kier molecular flexibility index (Phi) is 8.48. The van der Waals surface area contributed by atoms with E-state index in [0.717, 1.165) is 19.3 Å². The van der Waals surface area contributed by atoms with Crippen molar-refractivity contribution in [3.8, 4) is 6.07 Å². The first-order valence-corrected chi connectivity index (χ1v) is 7.56. The van der Waals surface area contributed by atoms with Gasteiger partial charge in [0.25, 0.3) is 0 Å². The lowest BCUT2D eigenvalue weighted by Gasteiger charge is -2.29. The molecule has 0 aromatic heterocycles. The fourth-order valence-electron chi connectivity index (χ4n) is 2.32. The Morgan fingerprint density at radius 1 is 1.20 bits per heavy atom. The number of nitrogens with one attached hydrogen (secondary N) is 1. The molecule has 4 nitrogen and oxygen atoms in total. The van der Waals surface area contributed by atoms with Crippen LogP contribution in [-0.4, -0.2) is 26.2 Å². The minimum atomic E-state index is -0.860. The molecular weight excluding hydrogens is 252 g/mol. The molecule has 0 fully saturated rings. The smallest absolute Gasteiger partial charge is 0.240 e. The SMILES string of the molecule is CCCC(C#N)(CCC)C(=O)NCC(C)(C)CCOC. The van der Waals surface area contributed by atoms with Gasteiger partial charge in [-0.05, 0) is 24.7 Å². The standard InChI is InChI=1S/C16H30N2O2/c1-6-8-16(12-17,9-7-2)14(19)18-13-15(3,4)10-11-20-5/h6-11,13H2,1-5H3,(H,18,19). The average Bonchev–Trinajstić information content (AvgIpc) is 2.42. The molecule has 1 amide bonds. The Hall–Kier alpha value is -1.08. The number of carbonyl (C=O) groups is 1. The number of methoxy groups -OCH3 is 1. The summed E-state index contributed by atoms with van der Waals surface area (Å²) in [6.07, 6.45) is 3.82. The highest BCUT2D eigenvalue weighted by Gasteiger charge is 2.37. The Morgan fingerprint density at radius 3 is 2.15 bits per heavy atom. The third-order valence-electron chi connectivity index (χ3n) is 3.71. The van der Waals surface area contributed by atoms with Gasteiger partial charge in [0.05, 0.1) is 6.07 Å². The van der Waals surface area contributed by atoms with Gasteiger partial charge in [0.15, 0.2) is 0 Å². The molecule has 4 heteroatoms. The van der Waals surface area contributed by atoms with Gasteiger partial charge in [-0.3, -0.25) is 4.79 Å². The quantitative estimate of drug-likeness (QED) is 0.669. The Bertz CT molecular complexity index is 326. The summed E-state index contributed by atoms with van der Waals surface area (Å²) >= 11 is 0. The topological polar surface area (TPSA) is 62.1 Å². The molecule has 0 aliphatic heterocycles. The molecule has 0 aromatic carbocycles. The lowest BCUT2D eigenvalue weighted by molar-refractivity contribution is -0.129. The van der Waals surface area contributed by atoms with E-state index in [-0.39, 0.29) is 11.3 Å². The zero-order valence-corrected chi connectivity index (χ0v) is 13.7. The van der Waals surface area contributed by atoms with Crippen LogP contribution in [0, 0.1) is 22.2 Å². The number of carbonyl (C=O) groups excluding carboxylic acids is 1. The van der Waals surface area contributed by atoms with Crippen molar-refractivity contribution in [3.05, 3.63) is 0 Å². The zero-order chi connectivity index (χ0) is 15.6. The van der Waals surface area contributed by atoms with E-state index < -0.39 is 5.41 Å². The van der Waals surface area contributed by atoms with E-state index in [1.807, 2.05) is 13.8 Å². The summed E-state index contributed by atoms with van der Waals surface area (Å²) in [5.74, 6) is -0.116. The first kappa shape index (κ1) is 18.9. The summed E-state index contributed by atoms with van der Waals surface area (Å²) in [6, 6.07) is 2.26. The number of hydrogen-bond acceptors (Lipinski definition) is 3. The van der Waals surface area contributed by atoms with Crippen molar-refractivity contribution >= 4 is 5.91 Å². The summed E-state index contributed by atoms with van der Waals surface area (Å²) in [6.45, 7) is 9.47. The summed E-state index contributed by atoms with van der Waals surface area (Å²) in [5, 5.41) is 12.4. The van der Waals surface area contributed by atoms with Crippen LogP contribution in [0.3, 0.4) is 0 Å². The summed E-state index contributed by atoms with van der Waals surface area (Å²) in [4.78, 5) is 12.4. The van der Waals surface area contributed by atoms with Crippen LogP contribution in [0.1, 0.15) is 59.8 Å². The zero-order valence-electron chi connectivity index (χ0n) is 13.7. The minimum Gasteiger partial charge on any atom is -0.385 e. The lowest BCUT2D eigenvalue weighted by Crippen LogP contribution is -2.44. The van der Waals surface area contributed by atoms with Crippen molar-refractivity contribution in [3.63, 3.8) is 0 Å². The van der Waals surface area contributed by atoms with E-state index in [9.17, 15) is 10.1 Å². The molecule has 0 spiro atoms. The predicted molar refractivity (Wildman–Crippen MR) is 81.1 cm³/mol. The Morgan fingerprint density at radius 2 is 1.75 bits per heavy atom. The molecule has 0 unspecified atom stereocenters. The van der Waals surface area contributed by atoms with E-state index in [1.54, 1.807) is 7.11 Å². The molecule has 0 rings (SSSR count). The van der Waals surface area contributed by atoms with Gasteiger partial charge in [-0.2, -0.15) is 5.26 Å². The number of nitrogens with zero attached hydrogens (tertiary/aromatic N) is 1. The monoisotopic (exact) mass is 282 g/mol. The Labute approximate surface area is 123 Å². The maximum absolute atomic E-state index is 12.4. The van der Waals surface area contributed by atoms with Gasteiger partial charge in [0, 0.05) is 20.3 Å². The molecule has 0 radical (unpaired) electrons. The molecule has 116 valence electrons. The first-order valence-electron chi connectivity index (χ1n) is 7.56. The molecule has 0 aliphatic rings.